The summed E-state index contributed by atoms with van der Waals surface area (Å²) >= 11 is 0.920. The number of nitrogens with zero attached hydrogens (tertiary/aromatic N) is 5. The van der Waals surface area contributed by atoms with Crippen LogP contribution in [0.1, 0.15) is 33.5 Å². The first-order valence-electron chi connectivity index (χ1n) is 9.09. The van der Waals surface area contributed by atoms with Crippen molar-refractivity contribution in [2.75, 3.05) is 14.1 Å². The van der Waals surface area contributed by atoms with Gasteiger partial charge in [-0.25, -0.2) is 14.8 Å². The molecule has 0 bridgehead atoms. The van der Waals surface area contributed by atoms with Crippen molar-refractivity contribution >= 4 is 34.5 Å². The molecule has 1 amide bonds. The van der Waals surface area contributed by atoms with E-state index in [1.807, 2.05) is 20.8 Å². The van der Waals surface area contributed by atoms with Crippen LogP contribution in [-0.2, 0) is 30.1 Å². The molecule has 0 aliphatic rings. The van der Waals surface area contributed by atoms with Gasteiger partial charge in [-0.15, -0.1) is 0 Å². The number of fused-ring (bicyclic) bond motifs is 1. The average Bonchev–Trinajstić information content (AvgIpc) is 2.59. The van der Waals surface area contributed by atoms with Gasteiger partial charge in [-0.1, -0.05) is 32.5 Å². The lowest BCUT2D eigenvalue weighted by Crippen LogP contribution is -2.39. The van der Waals surface area contributed by atoms with Crippen LogP contribution in [0.3, 0.4) is 0 Å². The van der Waals surface area contributed by atoms with Gasteiger partial charge in [0.1, 0.15) is 21.5 Å². The van der Waals surface area contributed by atoms with Gasteiger partial charge in [0.15, 0.2) is 11.4 Å². The minimum Gasteiger partial charge on any atom is -0.347 e. The molecule has 2 heterocycles. The fourth-order valence-electron chi connectivity index (χ4n) is 2.76. The monoisotopic (exact) mass is 421 g/mol. The van der Waals surface area contributed by atoms with Gasteiger partial charge < -0.3 is 4.90 Å². The maximum absolute atomic E-state index is 12.8. The molecule has 29 heavy (non-hydrogen) atoms. The fourth-order valence-corrected chi connectivity index (χ4v) is 3.92. The molecule has 158 valence electrons. The van der Waals surface area contributed by atoms with Crippen molar-refractivity contribution in [1.29, 1.82) is 0 Å². The molecular formula is C19H27N5O4S. The molecule has 0 aromatic carbocycles. The highest BCUT2D eigenvalue weighted by Gasteiger charge is 2.29. The Hall–Kier alpha value is -2.49. The summed E-state index contributed by atoms with van der Waals surface area (Å²) < 4.78 is 2.25. The number of aromatic nitrogens is 4. The summed E-state index contributed by atoms with van der Waals surface area (Å²) in [6.45, 7) is 7.38. The van der Waals surface area contributed by atoms with E-state index in [2.05, 4.69) is 9.97 Å². The van der Waals surface area contributed by atoms with Crippen LogP contribution in [-0.4, -0.2) is 55.0 Å². The van der Waals surface area contributed by atoms with Crippen LogP contribution < -0.4 is 11.2 Å². The molecule has 0 aliphatic carbocycles. The smallest absolute Gasteiger partial charge is 0.332 e. The number of amides is 1. The Kier molecular flexibility index (Phi) is 6.36. The topological polar surface area (TPSA) is 107 Å². The van der Waals surface area contributed by atoms with E-state index in [1.54, 1.807) is 14.1 Å². The molecule has 0 fully saturated rings. The molecule has 0 aliphatic heterocycles. The lowest BCUT2D eigenvalue weighted by atomic mass is 9.92. The molecule has 2 aromatic rings. The molecule has 0 N–H and O–H groups in total. The van der Waals surface area contributed by atoms with Gasteiger partial charge in [-0.3, -0.25) is 23.5 Å². The van der Waals surface area contributed by atoms with E-state index in [1.165, 1.54) is 30.5 Å². The highest BCUT2D eigenvalue weighted by Crippen LogP contribution is 2.29. The molecule has 1 atom stereocenters. The van der Waals surface area contributed by atoms with Crippen LogP contribution in [0.2, 0.25) is 0 Å². The second-order valence-corrected chi connectivity index (χ2v) is 9.52. The Balaban J connectivity index is 2.84. The summed E-state index contributed by atoms with van der Waals surface area (Å²) in [5, 5.41) is -0.705. The number of rotatable bonds is 5. The molecule has 0 saturated carbocycles. The molecule has 0 saturated heterocycles. The first-order valence-corrected chi connectivity index (χ1v) is 9.97. The summed E-state index contributed by atoms with van der Waals surface area (Å²) in [7, 11) is 6.02. The van der Waals surface area contributed by atoms with Gasteiger partial charge in [0.25, 0.3) is 5.56 Å². The molecule has 0 spiro atoms. The lowest BCUT2D eigenvalue weighted by molar-refractivity contribution is -0.132. The second-order valence-electron chi connectivity index (χ2n) is 8.43. The van der Waals surface area contributed by atoms with E-state index < -0.39 is 22.4 Å². The Bertz CT molecular complexity index is 1090. The largest absolute Gasteiger partial charge is 0.347 e. The van der Waals surface area contributed by atoms with E-state index in [0.717, 1.165) is 16.3 Å². The normalized spacial score (nSPS) is 12.8. The van der Waals surface area contributed by atoms with Crippen molar-refractivity contribution in [3.05, 3.63) is 26.7 Å². The number of Topliss-reactive ketones (excluding diaryl/α,β-unsaturated/α-hetero) is 1. The predicted molar refractivity (Wildman–Crippen MR) is 112 cm³/mol. The van der Waals surface area contributed by atoms with Crippen LogP contribution in [0.4, 0.5) is 0 Å². The van der Waals surface area contributed by atoms with Gasteiger partial charge in [-0.05, 0) is 12.3 Å². The summed E-state index contributed by atoms with van der Waals surface area (Å²) in [6.07, 6.45) is 0.492. The van der Waals surface area contributed by atoms with Crippen LogP contribution in [0.25, 0.3) is 11.0 Å². The number of aryl methyl sites for hydroxylation is 1. The van der Waals surface area contributed by atoms with Crippen molar-refractivity contribution in [1.82, 2.24) is 24.0 Å². The Labute approximate surface area is 173 Å². The molecule has 0 radical (unpaired) electrons. The van der Waals surface area contributed by atoms with Crippen LogP contribution in [0.5, 0.6) is 0 Å². The van der Waals surface area contributed by atoms with Gasteiger partial charge in [0.2, 0.25) is 5.91 Å². The Morgan fingerprint density at radius 1 is 1.10 bits per heavy atom. The van der Waals surface area contributed by atoms with E-state index in [4.69, 9.17) is 0 Å². The minimum absolute atomic E-state index is 0.120. The molecule has 9 nitrogen and oxygen atoms in total. The Morgan fingerprint density at radius 3 is 2.17 bits per heavy atom. The van der Waals surface area contributed by atoms with Gasteiger partial charge in [0.05, 0.1) is 0 Å². The third kappa shape index (κ3) is 4.75. The molecular weight excluding hydrogens is 394 g/mol. The number of carbonyl (C=O) groups is 2. The van der Waals surface area contributed by atoms with Gasteiger partial charge in [0, 0.05) is 34.6 Å². The minimum atomic E-state index is -1.05. The first kappa shape index (κ1) is 22.8. The number of hydrogen-bond acceptors (Lipinski definition) is 7. The van der Waals surface area contributed by atoms with Crippen LogP contribution >= 0.6 is 11.8 Å². The molecule has 2 rings (SSSR count). The summed E-state index contributed by atoms with van der Waals surface area (Å²) in [4.78, 5) is 60.2. The number of ketones is 1. The zero-order valence-electron chi connectivity index (χ0n) is 18.1. The van der Waals surface area contributed by atoms with Crippen molar-refractivity contribution in [2.45, 2.75) is 44.4 Å². The predicted octanol–water partition coefficient (Wildman–Crippen LogP) is 0.754. The van der Waals surface area contributed by atoms with Crippen LogP contribution in [0.15, 0.2) is 14.6 Å². The molecule has 0 unspecified atom stereocenters. The Morgan fingerprint density at radius 2 is 1.69 bits per heavy atom. The zero-order chi connectivity index (χ0) is 22.3. The van der Waals surface area contributed by atoms with Crippen molar-refractivity contribution < 1.29 is 9.59 Å². The van der Waals surface area contributed by atoms with Gasteiger partial charge >= 0.3 is 5.69 Å². The third-order valence-electron chi connectivity index (χ3n) is 4.27. The van der Waals surface area contributed by atoms with E-state index in [-0.39, 0.29) is 27.3 Å². The third-order valence-corrected chi connectivity index (χ3v) is 5.55. The fraction of sp³-hybridized carbons (Fsp3) is 0.579. The average molecular weight is 422 g/mol. The van der Waals surface area contributed by atoms with E-state index in [9.17, 15) is 19.2 Å². The quantitative estimate of drug-likeness (QED) is 0.398. The summed E-state index contributed by atoms with van der Waals surface area (Å²) in [6, 6.07) is 0. The first-order chi connectivity index (χ1) is 13.2. The molecule has 2 aromatic heterocycles. The molecule has 10 heteroatoms. The van der Waals surface area contributed by atoms with E-state index in [0.29, 0.717) is 12.2 Å². The number of thioether (sulfide) groups is 1. The van der Waals surface area contributed by atoms with Crippen LogP contribution in [0, 0.1) is 5.41 Å². The van der Waals surface area contributed by atoms with Gasteiger partial charge in [-0.2, -0.15) is 0 Å². The van der Waals surface area contributed by atoms with Crippen molar-refractivity contribution in [3.8, 4) is 0 Å². The summed E-state index contributed by atoms with van der Waals surface area (Å²) in [5.74, 6) is -0.303. The maximum atomic E-state index is 12.8. The second kappa shape index (κ2) is 8.10. The van der Waals surface area contributed by atoms with Crippen molar-refractivity contribution in [3.63, 3.8) is 0 Å². The van der Waals surface area contributed by atoms with E-state index >= 15 is 0 Å². The lowest BCUT2D eigenvalue weighted by Gasteiger charge is -2.20. The summed E-state index contributed by atoms with van der Waals surface area (Å²) in [5.41, 5.74) is -1.03. The standard InChI is InChI=1S/C19H27N5O4S/c1-10(25)13(17(27)22(5)6)29-15-12-14(20-11(21-15)9-19(2,3)4)23(7)18(28)24(8)16(12)26/h13H,9H2,1-8H3/t13-/m1/s1. The number of hydrogen-bond donors (Lipinski definition) is 0. The highest BCUT2D eigenvalue weighted by molar-refractivity contribution is 8.01. The highest BCUT2D eigenvalue weighted by atomic mass is 32.2. The maximum Gasteiger partial charge on any atom is 0.332 e. The van der Waals surface area contributed by atoms with Crippen molar-refractivity contribution in [2.24, 2.45) is 19.5 Å². The SMILES string of the molecule is CC(=O)[C@@H](Sc1nc(CC(C)(C)C)nc2c1c(=O)n(C)c(=O)n2C)C(=O)N(C)C. The number of carbonyl (C=O) groups excluding carboxylic acids is 2. The zero-order valence-corrected chi connectivity index (χ0v) is 18.9.